The molecule has 4 heterocycles. The zero-order chi connectivity index (χ0) is 88.2. The molecule has 122 heavy (non-hydrogen) atoms. The van der Waals surface area contributed by atoms with Gasteiger partial charge in [-0.3, -0.25) is 43.6 Å². The number of halogens is 3. The maximum absolute atomic E-state index is 12.5. The lowest BCUT2D eigenvalue weighted by Crippen LogP contribution is -2.49. The Morgan fingerprint density at radius 3 is 0.951 bits per heavy atom. The van der Waals surface area contributed by atoms with Crippen LogP contribution in [-0.2, 0) is 71.3 Å². The van der Waals surface area contributed by atoms with E-state index in [0.29, 0.717) is 65.2 Å². The van der Waals surface area contributed by atoms with E-state index >= 15 is 0 Å². The van der Waals surface area contributed by atoms with Crippen molar-refractivity contribution >= 4 is 64.1 Å². The van der Waals surface area contributed by atoms with Crippen molar-refractivity contribution in [3.05, 3.63) is 262 Å². The van der Waals surface area contributed by atoms with Crippen molar-refractivity contribution in [2.24, 2.45) is 11.5 Å². The van der Waals surface area contributed by atoms with Gasteiger partial charge in [-0.05, 0) is 136 Å². The number of piperazine rings is 4. The van der Waals surface area contributed by atoms with Crippen LogP contribution in [0.5, 0.6) is 57.5 Å². The first-order valence-corrected chi connectivity index (χ1v) is 42.1. The molecule has 0 unspecified atom stereocenters. The summed E-state index contributed by atoms with van der Waals surface area (Å²) in [5.41, 5.74) is 20.9. The molecule has 0 aliphatic carbocycles. The van der Waals surface area contributed by atoms with Gasteiger partial charge < -0.3 is 80.0 Å². The SMILES string of the molecule is CCc1ccc(OC)c(O)c1.CCc1ccc(OC)c(OCC(=O)N2CCN(Cc3ccccc3)CC2)c1.COc1ccc(C=O)cc1O.COc1ccc(CN)cc1O.COc1ccc(CN)cc1OCC(=O)N1CCN(Cc2ccccc2)CC1.O=C(CCl)N1CCN(Cc2ccccc2)CC1.O=C(Cl)CCl.c1ccc(CN2CCNCC2)cc1. The number of nitrogens with zero attached hydrogens (tertiary/aromatic N) is 7. The first-order valence-electron chi connectivity index (χ1n) is 40.7. The topological polar surface area (TPSA) is 297 Å². The third-order valence-electron chi connectivity index (χ3n) is 19.9. The molecule has 28 heteroatoms. The average molecular weight is 1740 g/mol. The monoisotopic (exact) mass is 1730 g/mol. The molecule has 0 bridgehead atoms. The molecular weight excluding hydrogens is 1620 g/mol. The van der Waals surface area contributed by atoms with Gasteiger partial charge in [0.25, 0.3) is 11.8 Å². The van der Waals surface area contributed by atoms with Crippen molar-refractivity contribution in [3.63, 3.8) is 0 Å². The fourth-order valence-corrected chi connectivity index (χ4v) is 13.0. The zero-order valence-corrected chi connectivity index (χ0v) is 73.5. The third-order valence-corrected chi connectivity index (χ3v) is 20.6. The standard InChI is InChI=1S/C22H28N2O3.C21H27N3O3.C13H17ClN2O.C11H16N2.C9H12O2.C8H11NO2.C8H8O3.C2H2Cl2O/c1-3-18-9-10-20(26-2)21(15-18)27-17-22(25)24-13-11-23(12-14-24)16-19-7-5-4-6-8-19;1-26-19-8-7-18(14-22)13-20(19)27-16-21(25)24-11-9-23(10-12-24)15-17-5-3-2-4-6-17;14-10-13(17)16-8-6-15(7-9-16)11-12-4-2-1-3-5-12;1-2-4-11(5-3-1)10-13-8-6-12-7-9-13;1-3-7-4-5-9(11-2)8(10)6-7;2*1-11-8-3-2-6(5-9)4-7(8)10;3-1-2(4)5/h4-10,15H,3,11-14,16-17H2,1-2H3;2-8,13H,9-12,14-16,22H2,1H3;1-5H,6-11H2;1-5,12H,6-10H2;4-6,10H,3H2,1-2H3;2-4,10H,5,9H2,1H3;2-5,10H,1H3;1H2. The van der Waals surface area contributed by atoms with E-state index in [2.05, 4.69) is 135 Å². The number of hydrogen-bond donors (Lipinski definition) is 6. The average Bonchev–Trinajstić information content (AvgIpc) is 0.848. The van der Waals surface area contributed by atoms with Crippen LogP contribution >= 0.6 is 34.8 Å². The van der Waals surface area contributed by atoms with Gasteiger partial charge in [0.1, 0.15) is 12.2 Å². The van der Waals surface area contributed by atoms with Crippen molar-refractivity contribution in [1.82, 2.24) is 39.6 Å². The van der Waals surface area contributed by atoms with E-state index in [1.54, 1.807) is 57.7 Å². The molecule has 4 aliphatic rings. The molecule has 0 atom stereocenters. The molecular formula is C94H121Cl3N10O15. The molecule has 4 fully saturated rings. The second kappa shape index (κ2) is 57.6. The van der Waals surface area contributed by atoms with Gasteiger partial charge in [-0.25, -0.2) is 0 Å². The number of carbonyl (C=O) groups is 5. The maximum atomic E-state index is 12.5. The molecule has 0 aromatic heterocycles. The predicted octanol–water partition coefficient (Wildman–Crippen LogP) is 12.5. The van der Waals surface area contributed by atoms with E-state index in [4.69, 9.17) is 84.5 Å². The van der Waals surface area contributed by atoms with E-state index < -0.39 is 5.24 Å². The van der Waals surface area contributed by atoms with Crippen molar-refractivity contribution in [1.29, 1.82) is 0 Å². The molecule has 0 saturated carbocycles. The highest BCUT2D eigenvalue weighted by Crippen LogP contribution is 2.32. The van der Waals surface area contributed by atoms with Gasteiger partial charge in [0.15, 0.2) is 70.7 Å². The van der Waals surface area contributed by atoms with Gasteiger partial charge in [0.05, 0.1) is 41.4 Å². The molecule has 9 aromatic carbocycles. The highest BCUT2D eigenvalue weighted by atomic mass is 35.5. The summed E-state index contributed by atoms with van der Waals surface area (Å²) in [6.45, 7) is 23.4. The number of methoxy groups -OCH3 is 5. The van der Waals surface area contributed by atoms with Crippen LogP contribution in [0.4, 0.5) is 0 Å². The Bertz CT molecular complexity index is 4300. The number of aldehydes is 1. The maximum Gasteiger partial charge on any atom is 0.260 e. The summed E-state index contributed by atoms with van der Waals surface area (Å²) in [6.07, 6.45) is 2.51. The second-order valence-corrected chi connectivity index (χ2v) is 29.2. The molecule has 3 amide bonds. The lowest BCUT2D eigenvalue weighted by molar-refractivity contribution is -0.135. The number of alkyl halides is 2. The lowest BCUT2D eigenvalue weighted by Gasteiger charge is -2.34. The van der Waals surface area contributed by atoms with Crippen LogP contribution < -0.4 is 49.9 Å². The molecule has 0 radical (unpaired) electrons. The fourth-order valence-electron chi connectivity index (χ4n) is 12.9. The fraction of sp³-hybridized carbons (Fsp3) is 0.372. The minimum atomic E-state index is -0.508. The number of rotatable bonds is 26. The summed E-state index contributed by atoms with van der Waals surface area (Å²) in [5.74, 6) is 4.23. The minimum absolute atomic E-state index is 0.00305. The van der Waals surface area contributed by atoms with Gasteiger partial charge in [-0.2, -0.15) is 0 Å². The molecule has 4 aliphatic heterocycles. The number of phenolic OH excluding ortho intramolecular Hbond substituents is 3. The number of carbonyl (C=O) groups excluding carboxylic acids is 5. The molecule has 9 aromatic rings. The number of nitrogens with two attached hydrogens (primary N) is 2. The Balaban J connectivity index is 0.000000225. The Morgan fingerprint density at radius 2 is 0.648 bits per heavy atom. The molecule has 25 nitrogen and oxygen atoms in total. The highest BCUT2D eigenvalue weighted by molar-refractivity contribution is 6.67. The van der Waals surface area contributed by atoms with E-state index in [1.165, 1.54) is 55.6 Å². The lowest BCUT2D eigenvalue weighted by atomic mass is 10.1. The quantitative estimate of drug-likeness (QED) is 0.0167. The van der Waals surface area contributed by atoms with Gasteiger partial charge in [0.2, 0.25) is 11.1 Å². The number of ether oxygens (including phenoxy) is 7. The Kier molecular flexibility index (Phi) is 47.3. The number of aryl methyl sites for hydroxylation is 2. The summed E-state index contributed by atoms with van der Waals surface area (Å²) in [5, 5.41) is 30.5. The zero-order valence-electron chi connectivity index (χ0n) is 71.2. The van der Waals surface area contributed by atoms with Gasteiger partial charge in [-0.1, -0.05) is 159 Å². The van der Waals surface area contributed by atoms with E-state index in [9.17, 15) is 34.2 Å². The van der Waals surface area contributed by atoms with Crippen LogP contribution in [0, 0.1) is 0 Å². The Labute approximate surface area is 734 Å². The normalized spacial score (nSPS) is 13.8. The molecule has 13 rings (SSSR count). The number of nitrogens with one attached hydrogen (secondary N) is 1. The van der Waals surface area contributed by atoms with Gasteiger partial charge >= 0.3 is 0 Å². The number of benzene rings is 9. The number of hydrogen-bond acceptors (Lipinski definition) is 22. The largest absolute Gasteiger partial charge is 0.504 e. The summed E-state index contributed by atoms with van der Waals surface area (Å²) in [4.78, 5) is 71.3. The summed E-state index contributed by atoms with van der Waals surface area (Å²) < 4.78 is 36.7. The minimum Gasteiger partial charge on any atom is -0.504 e. The van der Waals surface area contributed by atoms with E-state index in [1.807, 2.05) is 88.4 Å². The number of phenols is 3. The summed E-state index contributed by atoms with van der Waals surface area (Å²) in [6, 6.07) is 68.3. The predicted molar refractivity (Wildman–Crippen MR) is 483 cm³/mol. The van der Waals surface area contributed by atoms with E-state index in [0.717, 1.165) is 153 Å². The first kappa shape index (κ1) is 100. The second-order valence-electron chi connectivity index (χ2n) is 28.3. The van der Waals surface area contributed by atoms with Crippen molar-refractivity contribution < 1.29 is 72.5 Å². The Hall–Kier alpha value is -10.7. The van der Waals surface area contributed by atoms with Crippen LogP contribution in [0.1, 0.15) is 68.7 Å². The van der Waals surface area contributed by atoms with E-state index in [-0.39, 0.29) is 59.9 Å². The van der Waals surface area contributed by atoms with Crippen molar-refractivity contribution in [2.45, 2.75) is 66.0 Å². The first-order chi connectivity index (χ1) is 59.2. The van der Waals surface area contributed by atoms with Gasteiger partial charge in [0, 0.05) is 150 Å². The molecule has 8 N–H and O–H groups in total. The third kappa shape index (κ3) is 36.9. The van der Waals surface area contributed by atoms with Crippen molar-refractivity contribution in [3.8, 4) is 57.5 Å². The molecule has 0 spiro atoms. The van der Waals surface area contributed by atoms with Crippen LogP contribution in [0.3, 0.4) is 0 Å². The summed E-state index contributed by atoms with van der Waals surface area (Å²) >= 11 is 15.1. The molecule has 658 valence electrons. The van der Waals surface area contributed by atoms with Crippen LogP contribution in [0.2, 0.25) is 0 Å². The number of aromatic hydroxyl groups is 3. The number of amides is 3. The van der Waals surface area contributed by atoms with Crippen LogP contribution in [0.15, 0.2) is 212 Å². The van der Waals surface area contributed by atoms with Crippen molar-refractivity contribution in [2.75, 3.05) is 165 Å². The molecule has 4 saturated heterocycles. The summed E-state index contributed by atoms with van der Waals surface area (Å²) in [7, 11) is 7.70. The highest BCUT2D eigenvalue weighted by Gasteiger charge is 2.25. The van der Waals surface area contributed by atoms with Crippen LogP contribution in [-0.4, -0.2) is 244 Å². The van der Waals surface area contributed by atoms with Gasteiger partial charge in [-0.15, -0.1) is 23.2 Å². The Morgan fingerprint density at radius 1 is 0.361 bits per heavy atom. The van der Waals surface area contributed by atoms with Crippen LogP contribution in [0.25, 0.3) is 0 Å². The smallest absolute Gasteiger partial charge is 0.260 e.